The average molecular weight is 473 g/mol. The van der Waals surface area contributed by atoms with E-state index in [4.69, 9.17) is 15.1 Å². The summed E-state index contributed by atoms with van der Waals surface area (Å²) in [5, 5.41) is 9.57. The van der Waals surface area contributed by atoms with Crippen LogP contribution in [0.2, 0.25) is 0 Å². The average Bonchev–Trinajstić information content (AvgIpc) is 3.20. The molecule has 1 saturated heterocycles. The molecule has 5 rings (SSSR count). The minimum atomic E-state index is -0.0304. The van der Waals surface area contributed by atoms with Crippen LogP contribution in [0.3, 0.4) is 0 Å². The molecule has 0 spiro atoms. The SMILES string of the molecule is CC(=O)N1CCN(c2nc(NC(C)c3cnc4ccccc4c3)c3nn(C(C)C)c(C)c3n2)CC1. The Labute approximate surface area is 205 Å². The third-order valence-corrected chi connectivity index (χ3v) is 6.73. The number of hydrogen-bond donors (Lipinski definition) is 1. The Morgan fingerprint density at radius 2 is 1.77 bits per heavy atom. The van der Waals surface area contributed by atoms with E-state index in [1.165, 1.54) is 0 Å². The molecule has 0 aliphatic carbocycles. The van der Waals surface area contributed by atoms with Gasteiger partial charge in [-0.3, -0.25) is 14.5 Å². The molecule has 1 aliphatic heterocycles. The van der Waals surface area contributed by atoms with E-state index in [0.717, 1.165) is 33.2 Å². The number of benzene rings is 1. The van der Waals surface area contributed by atoms with Gasteiger partial charge in [-0.05, 0) is 45.4 Å². The summed E-state index contributed by atoms with van der Waals surface area (Å²) in [6.45, 7) is 12.8. The van der Waals surface area contributed by atoms with Crippen LogP contribution in [0.5, 0.6) is 0 Å². The molecule has 1 N–H and O–H groups in total. The highest BCUT2D eigenvalue weighted by molar-refractivity contribution is 5.88. The quantitative estimate of drug-likeness (QED) is 0.467. The molecule has 182 valence electrons. The summed E-state index contributed by atoms with van der Waals surface area (Å²) in [5.41, 5.74) is 4.69. The van der Waals surface area contributed by atoms with Crippen molar-refractivity contribution in [2.24, 2.45) is 0 Å². The minimum absolute atomic E-state index is 0.0304. The summed E-state index contributed by atoms with van der Waals surface area (Å²) in [6.07, 6.45) is 1.91. The molecule has 35 heavy (non-hydrogen) atoms. The van der Waals surface area contributed by atoms with Gasteiger partial charge in [-0.1, -0.05) is 18.2 Å². The molecule has 3 aromatic heterocycles. The second kappa shape index (κ2) is 9.13. The van der Waals surface area contributed by atoms with E-state index >= 15 is 0 Å². The first-order valence-electron chi connectivity index (χ1n) is 12.2. The molecule has 1 fully saturated rings. The Kier molecular flexibility index (Phi) is 6.00. The first kappa shape index (κ1) is 23.0. The van der Waals surface area contributed by atoms with Crippen molar-refractivity contribution in [1.29, 1.82) is 0 Å². The van der Waals surface area contributed by atoms with E-state index in [1.807, 2.05) is 34.0 Å². The van der Waals surface area contributed by atoms with E-state index < -0.39 is 0 Å². The fourth-order valence-electron chi connectivity index (χ4n) is 4.66. The summed E-state index contributed by atoms with van der Waals surface area (Å²) in [5.74, 6) is 1.48. The molecule has 1 aliphatic rings. The summed E-state index contributed by atoms with van der Waals surface area (Å²) in [6, 6.07) is 10.5. The Bertz CT molecular complexity index is 1390. The summed E-state index contributed by atoms with van der Waals surface area (Å²) in [4.78, 5) is 30.3. The first-order chi connectivity index (χ1) is 16.8. The second-order valence-electron chi connectivity index (χ2n) is 9.51. The van der Waals surface area contributed by atoms with Crippen molar-refractivity contribution in [2.75, 3.05) is 36.4 Å². The molecular formula is C26H32N8O. The Morgan fingerprint density at radius 1 is 1.03 bits per heavy atom. The number of carbonyl (C=O) groups is 1. The number of para-hydroxylation sites is 1. The van der Waals surface area contributed by atoms with Gasteiger partial charge in [0.1, 0.15) is 5.52 Å². The van der Waals surface area contributed by atoms with Gasteiger partial charge in [0.05, 0.1) is 17.3 Å². The molecule has 1 aromatic carbocycles. The maximum Gasteiger partial charge on any atom is 0.228 e. The molecule has 0 radical (unpaired) electrons. The number of nitrogens with zero attached hydrogens (tertiary/aromatic N) is 7. The third kappa shape index (κ3) is 4.38. The van der Waals surface area contributed by atoms with Gasteiger partial charge in [0, 0.05) is 50.7 Å². The van der Waals surface area contributed by atoms with Crippen LogP contribution in [-0.2, 0) is 4.79 Å². The number of piperazine rings is 1. The summed E-state index contributed by atoms with van der Waals surface area (Å²) >= 11 is 0. The second-order valence-corrected chi connectivity index (χ2v) is 9.51. The van der Waals surface area contributed by atoms with Gasteiger partial charge >= 0.3 is 0 Å². The van der Waals surface area contributed by atoms with Crippen molar-refractivity contribution in [3.05, 3.63) is 47.8 Å². The predicted molar refractivity (Wildman–Crippen MR) is 139 cm³/mol. The summed E-state index contributed by atoms with van der Waals surface area (Å²) in [7, 11) is 0. The predicted octanol–water partition coefficient (Wildman–Crippen LogP) is 4.11. The van der Waals surface area contributed by atoms with Crippen LogP contribution < -0.4 is 10.2 Å². The molecule has 9 nitrogen and oxygen atoms in total. The lowest BCUT2D eigenvalue weighted by Crippen LogP contribution is -2.48. The van der Waals surface area contributed by atoms with Gasteiger partial charge in [0.15, 0.2) is 11.3 Å². The van der Waals surface area contributed by atoms with Gasteiger partial charge < -0.3 is 15.1 Å². The van der Waals surface area contributed by atoms with Gasteiger partial charge in [-0.25, -0.2) is 4.98 Å². The largest absolute Gasteiger partial charge is 0.361 e. The van der Waals surface area contributed by atoms with E-state index in [2.05, 4.69) is 55.0 Å². The summed E-state index contributed by atoms with van der Waals surface area (Å²) < 4.78 is 2.00. The number of anilines is 2. The van der Waals surface area contributed by atoms with Crippen LogP contribution in [0.4, 0.5) is 11.8 Å². The van der Waals surface area contributed by atoms with Crippen LogP contribution in [0.1, 0.15) is 51.0 Å². The molecule has 0 bridgehead atoms. The number of fused-ring (bicyclic) bond motifs is 2. The Balaban J connectivity index is 1.52. The minimum Gasteiger partial charge on any atom is -0.361 e. The highest BCUT2D eigenvalue weighted by atomic mass is 16.2. The molecule has 1 atom stereocenters. The monoisotopic (exact) mass is 472 g/mol. The van der Waals surface area contributed by atoms with Crippen LogP contribution in [-0.4, -0.2) is 61.7 Å². The van der Waals surface area contributed by atoms with Crippen molar-refractivity contribution in [2.45, 2.75) is 46.7 Å². The smallest absolute Gasteiger partial charge is 0.228 e. The maximum atomic E-state index is 11.8. The Hall–Kier alpha value is -3.75. The molecule has 0 saturated carbocycles. The van der Waals surface area contributed by atoms with Gasteiger partial charge in [0.2, 0.25) is 11.9 Å². The number of aryl methyl sites for hydroxylation is 1. The number of pyridine rings is 1. The number of carbonyl (C=O) groups excluding carboxylic acids is 1. The van der Waals surface area contributed by atoms with Crippen molar-refractivity contribution in [3.63, 3.8) is 0 Å². The lowest BCUT2D eigenvalue weighted by Gasteiger charge is -2.34. The van der Waals surface area contributed by atoms with Crippen LogP contribution in [0.25, 0.3) is 21.9 Å². The zero-order chi connectivity index (χ0) is 24.7. The first-order valence-corrected chi connectivity index (χ1v) is 12.2. The van der Waals surface area contributed by atoms with Crippen molar-refractivity contribution >= 4 is 39.6 Å². The van der Waals surface area contributed by atoms with Gasteiger partial charge in [-0.2, -0.15) is 10.1 Å². The third-order valence-electron chi connectivity index (χ3n) is 6.73. The lowest BCUT2D eigenvalue weighted by molar-refractivity contribution is -0.129. The zero-order valence-corrected chi connectivity index (χ0v) is 21.0. The van der Waals surface area contributed by atoms with E-state index in [-0.39, 0.29) is 18.0 Å². The van der Waals surface area contributed by atoms with Crippen LogP contribution >= 0.6 is 0 Å². The fourth-order valence-corrected chi connectivity index (χ4v) is 4.66. The molecule has 9 heteroatoms. The number of aromatic nitrogens is 5. The van der Waals surface area contributed by atoms with Crippen molar-refractivity contribution < 1.29 is 4.79 Å². The number of nitrogens with one attached hydrogen (secondary N) is 1. The molecule has 4 aromatic rings. The van der Waals surface area contributed by atoms with Crippen LogP contribution in [0, 0.1) is 6.92 Å². The Morgan fingerprint density at radius 3 is 2.49 bits per heavy atom. The van der Waals surface area contributed by atoms with Crippen LogP contribution in [0.15, 0.2) is 36.5 Å². The van der Waals surface area contributed by atoms with Gasteiger partial charge in [0.25, 0.3) is 0 Å². The molecule has 1 amide bonds. The highest BCUT2D eigenvalue weighted by Crippen LogP contribution is 2.30. The normalized spacial score (nSPS) is 15.3. The zero-order valence-electron chi connectivity index (χ0n) is 21.0. The number of hydrogen-bond acceptors (Lipinski definition) is 7. The number of rotatable bonds is 5. The standard InChI is InChI=1S/C26H32N8O/c1-16(2)34-18(4)23-24(31-34)25(30-26(29-23)33-12-10-32(11-13-33)19(5)35)28-17(3)21-14-20-8-6-7-9-22(20)27-15-21/h6-9,14-17H,10-13H2,1-5H3,(H,28,29,30). The molecule has 1 unspecified atom stereocenters. The highest BCUT2D eigenvalue weighted by Gasteiger charge is 2.24. The topological polar surface area (TPSA) is 92.1 Å². The van der Waals surface area contributed by atoms with Gasteiger partial charge in [-0.15, -0.1) is 0 Å². The molecule has 4 heterocycles. The van der Waals surface area contributed by atoms with E-state index in [0.29, 0.717) is 37.9 Å². The fraction of sp³-hybridized carbons (Fsp3) is 0.423. The maximum absolute atomic E-state index is 11.8. The number of amides is 1. The van der Waals surface area contributed by atoms with E-state index in [9.17, 15) is 4.79 Å². The lowest BCUT2D eigenvalue weighted by atomic mass is 10.1. The molecular weight excluding hydrogens is 440 g/mol. The van der Waals surface area contributed by atoms with Crippen molar-refractivity contribution in [1.82, 2.24) is 29.6 Å². The van der Waals surface area contributed by atoms with E-state index in [1.54, 1.807) is 6.92 Å². The van der Waals surface area contributed by atoms with Crippen molar-refractivity contribution in [3.8, 4) is 0 Å².